The van der Waals surface area contributed by atoms with E-state index in [1.807, 2.05) is 30.3 Å². The lowest BCUT2D eigenvalue weighted by Gasteiger charge is -2.23. The van der Waals surface area contributed by atoms with Gasteiger partial charge in [-0.25, -0.2) is 9.98 Å². The Kier molecular flexibility index (Phi) is 4.14. The fraction of sp³-hybridized carbons (Fsp3) is 0.120. The summed E-state index contributed by atoms with van der Waals surface area (Å²) in [6, 6.07) is 24.6. The van der Waals surface area contributed by atoms with Crippen molar-refractivity contribution in [2.75, 3.05) is 12.4 Å². The van der Waals surface area contributed by atoms with Crippen LogP contribution in [-0.2, 0) is 6.54 Å². The lowest BCUT2D eigenvalue weighted by Crippen LogP contribution is -2.31. The van der Waals surface area contributed by atoms with Gasteiger partial charge in [0.1, 0.15) is 5.75 Å². The number of guanidine groups is 1. The smallest absolute Gasteiger partial charge is 0.212 e. The highest BCUT2D eigenvalue weighted by atomic mass is 16.5. The Labute approximate surface area is 184 Å². The number of nitrogens with one attached hydrogen (secondary N) is 1. The topological polar surface area (TPSA) is 82.4 Å². The van der Waals surface area contributed by atoms with E-state index in [-0.39, 0.29) is 6.17 Å². The first-order chi connectivity index (χ1) is 15.7. The van der Waals surface area contributed by atoms with Crippen LogP contribution in [0.3, 0.4) is 0 Å². The monoisotopic (exact) mass is 422 g/mol. The molecule has 0 saturated carbocycles. The summed E-state index contributed by atoms with van der Waals surface area (Å²) in [5.41, 5.74) is 11.5. The molecule has 0 saturated heterocycles. The minimum Gasteiger partial charge on any atom is -0.497 e. The number of ether oxygens (including phenoxy) is 1. The summed E-state index contributed by atoms with van der Waals surface area (Å²) < 4.78 is 9.90. The molecule has 7 heteroatoms. The van der Waals surface area contributed by atoms with Crippen molar-refractivity contribution in [3.8, 4) is 5.75 Å². The van der Waals surface area contributed by atoms with Gasteiger partial charge in [-0.3, -0.25) is 9.88 Å². The van der Waals surface area contributed by atoms with Crippen LogP contribution in [-0.4, -0.2) is 27.2 Å². The number of aromatic nitrogens is 3. The fourth-order valence-electron chi connectivity index (χ4n) is 4.47. The van der Waals surface area contributed by atoms with E-state index in [0.29, 0.717) is 11.9 Å². The number of anilines is 1. The molecular formula is C25H22N6O. The van der Waals surface area contributed by atoms with Crippen LogP contribution < -0.4 is 15.8 Å². The Morgan fingerprint density at radius 3 is 2.66 bits per heavy atom. The molecule has 0 fully saturated rings. The molecular weight excluding hydrogens is 400 g/mol. The molecule has 0 spiro atoms. The highest BCUT2D eigenvalue weighted by Crippen LogP contribution is 2.37. The zero-order chi connectivity index (χ0) is 21.7. The lowest BCUT2D eigenvalue weighted by atomic mass is 10.1. The van der Waals surface area contributed by atoms with Gasteiger partial charge in [0.2, 0.25) is 5.95 Å². The Morgan fingerprint density at radius 1 is 1.00 bits per heavy atom. The summed E-state index contributed by atoms with van der Waals surface area (Å²) in [4.78, 5) is 9.52. The van der Waals surface area contributed by atoms with Gasteiger partial charge in [-0.1, -0.05) is 42.5 Å². The fourth-order valence-corrected chi connectivity index (χ4v) is 4.47. The third-order valence-corrected chi connectivity index (χ3v) is 5.93. The molecule has 3 aromatic carbocycles. The molecule has 2 aromatic heterocycles. The number of rotatable bonds is 4. The third-order valence-electron chi connectivity index (χ3n) is 5.93. The number of methoxy groups -OCH3 is 1. The standard InChI is InChI=1S/C25H22N6O/c1-32-17-11-12-21-18(13-17)19(15-30(21)14-16-7-3-2-4-8-16)23-28-24(26)29-25-27-20-9-5-6-10-22(20)31(23)25/h2-13,15,23H,14H2,1H3,(H3,26,27,28,29). The SMILES string of the molecule is COc1ccc2c(c1)c(C1N=C(N)Nc3nc4ccccc4n31)cn2Cc1ccccc1. The van der Waals surface area contributed by atoms with Crippen LogP contribution >= 0.6 is 0 Å². The minimum absolute atomic E-state index is 0.342. The zero-order valence-corrected chi connectivity index (χ0v) is 17.6. The Morgan fingerprint density at radius 2 is 1.81 bits per heavy atom. The molecule has 0 aliphatic carbocycles. The first-order valence-electron chi connectivity index (χ1n) is 10.5. The molecule has 0 amide bonds. The van der Waals surface area contributed by atoms with E-state index in [4.69, 9.17) is 20.4 Å². The number of hydrogen-bond acceptors (Lipinski definition) is 5. The van der Waals surface area contributed by atoms with Gasteiger partial charge in [-0.15, -0.1) is 0 Å². The quantitative estimate of drug-likeness (QED) is 0.452. The molecule has 1 aliphatic heterocycles. The molecule has 1 unspecified atom stereocenters. The van der Waals surface area contributed by atoms with Crippen LogP contribution in [0.15, 0.2) is 84.0 Å². The maximum Gasteiger partial charge on any atom is 0.212 e. The van der Waals surface area contributed by atoms with E-state index < -0.39 is 0 Å². The maximum atomic E-state index is 6.18. The predicted molar refractivity (Wildman–Crippen MR) is 127 cm³/mol. The Bertz CT molecular complexity index is 1480. The van der Waals surface area contributed by atoms with Crippen LogP contribution in [0.5, 0.6) is 5.75 Å². The van der Waals surface area contributed by atoms with Gasteiger partial charge in [0.25, 0.3) is 0 Å². The van der Waals surface area contributed by atoms with Gasteiger partial charge in [0.15, 0.2) is 12.1 Å². The molecule has 0 radical (unpaired) electrons. The predicted octanol–water partition coefficient (Wildman–Crippen LogP) is 4.34. The summed E-state index contributed by atoms with van der Waals surface area (Å²) in [7, 11) is 1.68. The molecule has 0 bridgehead atoms. The molecule has 1 aliphatic rings. The number of fused-ring (bicyclic) bond motifs is 4. The van der Waals surface area contributed by atoms with Gasteiger partial charge in [0, 0.05) is 29.2 Å². The second-order valence-corrected chi connectivity index (χ2v) is 7.89. The molecule has 5 aromatic rings. The van der Waals surface area contributed by atoms with E-state index in [0.717, 1.165) is 39.8 Å². The Hall–Kier alpha value is -4.26. The summed E-state index contributed by atoms with van der Waals surface area (Å²) >= 11 is 0. The van der Waals surface area contributed by atoms with Crippen LogP contribution in [0.4, 0.5) is 5.95 Å². The van der Waals surface area contributed by atoms with E-state index in [2.05, 4.69) is 63.1 Å². The third kappa shape index (κ3) is 2.90. The van der Waals surface area contributed by atoms with Gasteiger partial charge < -0.3 is 15.0 Å². The van der Waals surface area contributed by atoms with Gasteiger partial charge in [0.05, 0.1) is 18.1 Å². The number of imidazole rings is 1. The summed E-state index contributed by atoms with van der Waals surface area (Å²) in [5, 5.41) is 4.19. The van der Waals surface area contributed by atoms with Crippen molar-refractivity contribution < 1.29 is 4.74 Å². The van der Waals surface area contributed by atoms with Crippen molar-refractivity contribution in [1.82, 2.24) is 14.1 Å². The van der Waals surface area contributed by atoms with Crippen molar-refractivity contribution in [3.05, 3.63) is 90.1 Å². The number of aliphatic imine (C=N–C) groups is 1. The average Bonchev–Trinajstić information content (AvgIpc) is 3.37. The van der Waals surface area contributed by atoms with Gasteiger partial charge in [-0.2, -0.15) is 0 Å². The van der Waals surface area contributed by atoms with Crippen molar-refractivity contribution in [1.29, 1.82) is 0 Å². The van der Waals surface area contributed by atoms with Crippen LogP contribution in [0.2, 0.25) is 0 Å². The van der Waals surface area contributed by atoms with E-state index >= 15 is 0 Å². The van der Waals surface area contributed by atoms with Crippen LogP contribution in [0.1, 0.15) is 17.3 Å². The van der Waals surface area contributed by atoms with E-state index in [9.17, 15) is 0 Å². The second kappa shape index (κ2) is 7.16. The lowest BCUT2D eigenvalue weighted by molar-refractivity contribution is 0.415. The molecule has 3 heterocycles. The number of nitrogens with two attached hydrogens (primary N) is 1. The average molecular weight is 422 g/mol. The number of nitrogens with zero attached hydrogens (tertiary/aromatic N) is 4. The van der Waals surface area contributed by atoms with Gasteiger partial charge >= 0.3 is 0 Å². The van der Waals surface area contributed by atoms with E-state index in [1.165, 1.54) is 5.56 Å². The van der Waals surface area contributed by atoms with Crippen LogP contribution in [0, 0.1) is 0 Å². The van der Waals surface area contributed by atoms with Crippen molar-refractivity contribution in [2.24, 2.45) is 10.7 Å². The largest absolute Gasteiger partial charge is 0.497 e. The summed E-state index contributed by atoms with van der Waals surface area (Å²) in [6.45, 7) is 0.755. The Balaban J connectivity index is 1.58. The molecule has 3 N–H and O–H groups in total. The highest BCUT2D eigenvalue weighted by molar-refractivity contribution is 5.95. The normalized spacial score (nSPS) is 15.4. The number of para-hydroxylation sites is 2. The molecule has 158 valence electrons. The van der Waals surface area contributed by atoms with Crippen LogP contribution in [0.25, 0.3) is 21.9 Å². The first-order valence-corrected chi connectivity index (χ1v) is 10.5. The van der Waals surface area contributed by atoms with Gasteiger partial charge in [-0.05, 0) is 35.9 Å². The number of benzene rings is 3. The zero-order valence-electron chi connectivity index (χ0n) is 17.6. The first kappa shape index (κ1) is 18.5. The van der Waals surface area contributed by atoms with Crippen molar-refractivity contribution in [2.45, 2.75) is 12.7 Å². The minimum atomic E-state index is -0.342. The second-order valence-electron chi connectivity index (χ2n) is 7.89. The maximum absolute atomic E-state index is 6.18. The molecule has 6 rings (SSSR count). The molecule has 7 nitrogen and oxygen atoms in total. The van der Waals surface area contributed by atoms with Crippen molar-refractivity contribution in [3.63, 3.8) is 0 Å². The molecule has 32 heavy (non-hydrogen) atoms. The summed E-state index contributed by atoms with van der Waals surface area (Å²) in [5.74, 6) is 1.85. The summed E-state index contributed by atoms with van der Waals surface area (Å²) in [6.07, 6.45) is 1.83. The van der Waals surface area contributed by atoms with Crippen molar-refractivity contribution >= 4 is 33.8 Å². The number of hydrogen-bond donors (Lipinski definition) is 2. The highest BCUT2D eigenvalue weighted by Gasteiger charge is 2.28. The van der Waals surface area contributed by atoms with E-state index in [1.54, 1.807) is 7.11 Å². The molecule has 1 atom stereocenters.